The van der Waals surface area contributed by atoms with Gasteiger partial charge in [-0.3, -0.25) is 0 Å². The molecule has 0 unspecified atom stereocenters. The maximum atomic E-state index is 8.34. The van der Waals surface area contributed by atoms with Gasteiger partial charge in [0, 0.05) is 67.6 Å². The quantitative estimate of drug-likeness (QED) is 0.492. The van der Waals surface area contributed by atoms with Crippen molar-refractivity contribution in [3.8, 4) is 0 Å². The van der Waals surface area contributed by atoms with Crippen LogP contribution in [-0.4, -0.2) is 48.4 Å². The summed E-state index contributed by atoms with van der Waals surface area (Å²) in [6, 6.07) is 0. The Morgan fingerprint density at radius 3 is 1.25 bits per heavy atom. The van der Waals surface area contributed by atoms with Crippen molar-refractivity contribution < 1.29 is 44.8 Å². The monoisotopic (exact) mass is 391 g/mol. The standard InChI is InChI=1S/Ce.In.O.Sn. The molecule has 17 valence electrons. The summed E-state index contributed by atoms with van der Waals surface area (Å²) in [6.45, 7) is 0. The van der Waals surface area contributed by atoms with E-state index in [1.807, 2.05) is 0 Å². The topological polar surface area (TPSA) is 17.1 Å². The van der Waals surface area contributed by atoms with E-state index in [0.717, 1.165) is 0 Å². The SMILES string of the molecule is [Ce].[In].[O]=[Sn]. The van der Waals surface area contributed by atoms with E-state index in [9.17, 15) is 0 Å². The molecule has 0 saturated carbocycles. The van der Waals surface area contributed by atoms with Gasteiger partial charge in [-0.15, -0.1) is 0 Å². The summed E-state index contributed by atoms with van der Waals surface area (Å²) in [5.74, 6) is 0. The molecule has 0 fully saturated rings. The molecule has 5 radical (unpaired) electrons. The first kappa shape index (κ1) is 15.8. The third-order valence-electron chi connectivity index (χ3n) is 0. The molecule has 0 aliphatic heterocycles. The van der Waals surface area contributed by atoms with E-state index >= 15 is 0 Å². The van der Waals surface area contributed by atoms with E-state index in [1.54, 1.807) is 0 Å². The van der Waals surface area contributed by atoms with E-state index in [1.165, 1.54) is 0 Å². The van der Waals surface area contributed by atoms with E-state index < -0.39 is 0 Å². The molecule has 0 N–H and O–H groups in total. The van der Waals surface area contributed by atoms with Crippen LogP contribution in [0.5, 0.6) is 0 Å². The van der Waals surface area contributed by atoms with Gasteiger partial charge in [0.15, 0.2) is 0 Å². The molecule has 0 aromatic carbocycles. The van der Waals surface area contributed by atoms with Gasteiger partial charge in [0.1, 0.15) is 0 Å². The molecule has 4 heavy (non-hydrogen) atoms. The summed E-state index contributed by atoms with van der Waals surface area (Å²) in [4.78, 5) is 0. The molecular formula is CeInOSn. The normalized spacial score (nSPS) is 1.00. The Kier molecular flexibility index (Phi) is 67.0. The molecule has 4 heteroatoms. The second-order valence-corrected chi connectivity index (χ2v) is 0. The Morgan fingerprint density at radius 1 is 1.25 bits per heavy atom. The first-order chi connectivity index (χ1) is 1.00. The first-order valence-corrected chi connectivity index (χ1v) is 1.37. The molecule has 0 saturated heterocycles. The molecule has 0 atom stereocenters. The van der Waals surface area contributed by atoms with Gasteiger partial charge < -0.3 is 0 Å². The third-order valence-corrected chi connectivity index (χ3v) is 0. The van der Waals surface area contributed by atoms with Crippen LogP contribution < -0.4 is 0 Å². The van der Waals surface area contributed by atoms with Gasteiger partial charge in [-0.2, -0.15) is 0 Å². The van der Waals surface area contributed by atoms with Gasteiger partial charge in [-0.05, 0) is 0 Å². The zero-order valence-electron chi connectivity index (χ0n) is 1.99. The Bertz CT molecular complexity index is 8.00. The van der Waals surface area contributed by atoms with Crippen molar-refractivity contribution in [2.75, 3.05) is 0 Å². The van der Waals surface area contributed by atoms with Crippen molar-refractivity contribution in [1.29, 1.82) is 0 Å². The molecule has 0 aliphatic rings. The second kappa shape index (κ2) is 17.0. The Morgan fingerprint density at radius 2 is 1.25 bits per heavy atom. The molecule has 0 spiro atoms. The summed E-state index contributed by atoms with van der Waals surface area (Å²) in [5.41, 5.74) is 0. The predicted octanol–water partition coefficient (Wildman–Crippen LogP) is -0.880. The fraction of sp³-hybridized carbons (Fsp3) is 0. The van der Waals surface area contributed by atoms with Crippen molar-refractivity contribution in [2.24, 2.45) is 0 Å². The summed E-state index contributed by atoms with van der Waals surface area (Å²) < 4.78 is 8.34. The van der Waals surface area contributed by atoms with Crippen LogP contribution in [0.3, 0.4) is 0 Å². The summed E-state index contributed by atoms with van der Waals surface area (Å²) in [6.07, 6.45) is 0. The summed E-state index contributed by atoms with van der Waals surface area (Å²) >= 11 is 0.300. The zero-order valence-corrected chi connectivity index (χ0v) is 11.3. The average Bonchev–Trinajstić information content (AvgIpc) is 1.00. The Labute approximate surface area is 90.9 Å². The van der Waals surface area contributed by atoms with Gasteiger partial charge in [0.05, 0.1) is 0 Å². The van der Waals surface area contributed by atoms with Crippen LogP contribution in [0.4, 0.5) is 0 Å². The van der Waals surface area contributed by atoms with Gasteiger partial charge in [-0.1, -0.05) is 0 Å². The second-order valence-electron chi connectivity index (χ2n) is 0. The van der Waals surface area contributed by atoms with Crippen molar-refractivity contribution >= 4 is 48.4 Å². The fourth-order valence-corrected chi connectivity index (χ4v) is 0. The minimum absolute atomic E-state index is 0. The fourth-order valence-electron chi connectivity index (χ4n) is 0. The maximum absolute atomic E-state index is 8.34. The van der Waals surface area contributed by atoms with E-state index in [4.69, 9.17) is 3.08 Å². The van der Waals surface area contributed by atoms with Crippen LogP contribution in [0.2, 0.25) is 0 Å². The first-order valence-electron chi connectivity index (χ1n) is 0.204. The van der Waals surface area contributed by atoms with Crippen molar-refractivity contribution in [3.63, 3.8) is 0 Å². The third kappa shape index (κ3) is 8.85. The van der Waals surface area contributed by atoms with Crippen LogP contribution in [0.15, 0.2) is 0 Å². The van der Waals surface area contributed by atoms with Crippen LogP contribution in [-0.2, 0) is 3.08 Å². The van der Waals surface area contributed by atoms with Crippen LogP contribution in [0, 0.1) is 41.7 Å². The van der Waals surface area contributed by atoms with E-state index in [-0.39, 0.29) is 67.6 Å². The minimum atomic E-state index is 0. The molecule has 0 aliphatic carbocycles. The molecule has 0 amide bonds. The number of hydrogen-bond acceptors (Lipinski definition) is 1. The Hall–Kier alpha value is 2.85. The number of rotatable bonds is 0. The average molecular weight is 390 g/mol. The summed E-state index contributed by atoms with van der Waals surface area (Å²) in [5, 5.41) is 0. The van der Waals surface area contributed by atoms with Gasteiger partial charge in [0.25, 0.3) is 0 Å². The predicted molar refractivity (Wildman–Crippen MR) is 12.2 cm³/mol. The summed E-state index contributed by atoms with van der Waals surface area (Å²) in [7, 11) is 0. The Balaban J connectivity index is -0.00000000500. The van der Waals surface area contributed by atoms with Crippen LogP contribution >= 0.6 is 0 Å². The van der Waals surface area contributed by atoms with E-state index in [2.05, 4.69) is 0 Å². The molecule has 0 bridgehead atoms. The van der Waals surface area contributed by atoms with Crippen LogP contribution in [0.25, 0.3) is 0 Å². The molecule has 0 aromatic heterocycles. The van der Waals surface area contributed by atoms with Crippen molar-refractivity contribution in [1.82, 2.24) is 0 Å². The molecule has 0 heterocycles. The number of hydrogen-bond donors (Lipinski definition) is 0. The van der Waals surface area contributed by atoms with Gasteiger partial charge in [-0.25, -0.2) is 0 Å². The van der Waals surface area contributed by atoms with E-state index in [0.29, 0.717) is 22.5 Å². The van der Waals surface area contributed by atoms with Crippen molar-refractivity contribution in [3.05, 3.63) is 0 Å². The van der Waals surface area contributed by atoms with Crippen LogP contribution in [0.1, 0.15) is 0 Å². The van der Waals surface area contributed by atoms with Crippen molar-refractivity contribution in [2.45, 2.75) is 0 Å². The molecular weight excluding hydrogens is 390 g/mol. The zero-order chi connectivity index (χ0) is 2.00. The van der Waals surface area contributed by atoms with Gasteiger partial charge in [0.2, 0.25) is 0 Å². The van der Waals surface area contributed by atoms with Gasteiger partial charge >= 0.3 is 25.6 Å². The molecule has 0 aromatic rings. The molecule has 1 nitrogen and oxygen atoms in total. The molecule has 0 rings (SSSR count).